The smallest absolute Gasteiger partial charge is 0.291 e. The maximum atomic E-state index is 11.7. The van der Waals surface area contributed by atoms with Gasteiger partial charge in [0.15, 0.2) is 5.69 Å². The minimum atomic E-state index is -0.404. The van der Waals surface area contributed by atoms with Gasteiger partial charge in [0.25, 0.3) is 5.91 Å². The van der Waals surface area contributed by atoms with Gasteiger partial charge in [-0.25, -0.2) is 10.4 Å². The third kappa shape index (κ3) is 3.13. The standard InChI is InChI=1S/C12H10Cl2N4O/c1-7-11(16-6-15-7)12(19)18-17-5-8-9(13)3-2-4-10(8)14/h2-6H,1H3,(H,15,16)(H,18,19)/b17-5+. The molecular weight excluding hydrogens is 287 g/mol. The molecule has 1 aromatic carbocycles. The Balaban J connectivity index is 2.09. The fraction of sp³-hybridized carbons (Fsp3) is 0.0833. The van der Waals surface area contributed by atoms with Gasteiger partial charge in [-0.15, -0.1) is 0 Å². The van der Waals surface area contributed by atoms with E-state index in [1.165, 1.54) is 12.5 Å². The molecule has 1 amide bonds. The molecule has 5 nitrogen and oxygen atoms in total. The summed E-state index contributed by atoms with van der Waals surface area (Å²) in [6, 6.07) is 5.11. The van der Waals surface area contributed by atoms with Crippen molar-refractivity contribution < 1.29 is 4.79 Å². The number of hydrogen-bond donors (Lipinski definition) is 2. The van der Waals surface area contributed by atoms with Crippen LogP contribution in [-0.2, 0) is 0 Å². The van der Waals surface area contributed by atoms with E-state index in [0.717, 1.165) is 0 Å². The van der Waals surface area contributed by atoms with Crippen LogP contribution >= 0.6 is 23.2 Å². The molecule has 0 radical (unpaired) electrons. The zero-order chi connectivity index (χ0) is 13.8. The second-order valence-corrected chi connectivity index (χ2v) is 4.53. The lowest BCUT2D eigenvalue weighted by molar-refractivity contribution is 0.0950. The highest BCUT2D eigenvalue weighted by Gasteiger charge is 2.10. The molecule has 2 N–H and O–H groups in total. The molecule has 0 aliphatic rings. The number of rotatable bonds is 3. The van der Waals surface area contributed by atoms with Crippen LogP contribution in [0.25, 0.3) is 0 Å². The first kappa shape index (κ1) is 13.6. The highest BCUT2D eigenvalue weighted by Crippen LogP contribution is 2.21. The van der Waals surface area contributed by atoms with Crippen LogP contribution in [-0.4, -0.2) is 22.1 Å². The number of aromatic amines is 1. The molecule has 1 heterocycles. The predicted octanol–water partition coefficient (Wildman–Crippen LogP) is 2.79. The van der Waals surface area contributed by atoms with Crippen LogP contribution in [0.1, 0.15) is 21.7 Å². The molecule has 0 unspecified atom stereocenters. The highest BCUT2D eigenvalue weighted by atomic mass is 35.5. The highest BCUT2D eigenvalue weighted by molar-refractivity contribution is 6.38. The van der Waals surface area contributed by atoms with Gasteiger partial charge in [0.2, 0.25) is 0 Å². The lowest BCUT2D eigenvalue weighted by atomic mass is 10.2. The number of imidazole rings is 1. The molecule has 0 bridgehead atoms. The molecule has 2 aromatic rings. The van der Waals surface area contributed by atoms with Crippen LogP contribution in [0.3, 0.4) is 0 Å². The Hall–Kier alpha value is -1.85. The van der Waals surface area contributed by atoms with Gasteiger partial charge in [-0.1, -0.05) is 29.3 Å². The van der Waals surface area contributed by atoms with E-state index in [0.29, 0.717) is 27.0 Å². The molecule has 7 heteroatoms. The Labute approximate surface area is 119 Å². The van der Waals surface area contributed by atoms with E-state index >= 15 is 0 Å². The topological polar surface area (TPSA) is 70.1 Å². The fourth-order valence-electron chi connectivity index (χ4n) is 1.43. The van der Waals surface area contributed by atoms with Crippen molar-refractivity contribution in [1.29, 1.82) is 0 Å². The molecule has 0 atom stereocenters. The zero-order valence-electron chi connectivity index (χ0n) is 9.95. The molecule has 19 heavy (non-hydrogen) atoms. The summed E-state index contributed by atoms with van der Waals surface area (Å²) in [6.45, 7) is 1.75. The number of hydrazone groups is 1. The number of carbonyl (C=O) groups is 1. The number of carbonyl (C=O) groups excluding carboxylic acids is 1. The average molecular weight is 297 g/mol. The van der Waals surface area contributed by atoms with Crippen LogP contribution in [0.15, 0.2) is 29.6 Å². The molecule has 2 rings (SSSR count). The van der Waals surface area contributed by atoms with E-state index in [4.69, 9.17) is 23.2 Å². The lowest BCUT2D eigenvalue weighted by Gasteiger charge is -2.01. The van der Waals surface area contributed by atoms with Crippen LogP contribution in [0.4, 0.5) is 0 Å². The van der Waals surface area contributed by atoms with Crippen molar-refractivity contribution in [3.8, 4) is 0 Å². The Morgan fingerprint density at radius 3 is 2.68 bits per heavy atom. The maximum absolute atomic E-state index is 11.7. The molecule has 0 saturated heterocycles. The number of amides is 1. The van der Waals surface area contributed by atoms with Crippen molar-refractivity contribution in [1.82, 2.24) is 15.4 Å². The molecule has 0 fully saturated rings. The minimum Gasteiger partial charge on any atom is -0.348 e. The number of hydrogen-bond acceptors (Lipinski definition) is 3. The van der Waals surface area contributed by atoms with Crippen molar-refractivity contribution >= 4 is 35.3 Å². The van der Waals surface area contributed by atoms with Crippen LogP contribution < -0.4 is 5.43 Å². The number of nitrogens with zero attached hydrogens (tertiary/aromatic N) is 2. The van der Waals surface area contributed by atoms with Gasteiger partial charge < -0.3 is 4.98 Å². The van der Waals surface area contributed by atoms with Crippen molar-refractivity contribution in [2.75, 3.05) is 0 Å². The Morgan fingerprint density at radius 2 is 2.11 bits per heavy atom. The number of H-pyrrole nitrogens is 1. The van der Waals surface area contributed by atoms with Gasteiger partial charge in [-0.05, 0) is 19.1 Å². The SMILES string of the molecule is Cc1[nH]cnc1C(=O)N/N=C/c1c(Cl)cccc1Cl. The summed E-state index contributed by atoms with van der Waals surface area (Å²) in [5.74, 6) is -0.404. The van der Waals surface area contributed by atoms with Gasteiger partial charge in [0.1, 0.15) is 0 Å². The van der Waals surface area contributed by atoms with Crippen molar-refractivity contribution in [3.63, 3.8) is 0 Å². The number of aromatic nitrogens is 2. The summed E-state index contributed by atoms with van der Waals surface area (Å²) >= 11 is 11.9. The predicted molar refractivity (Wildman–Crippen MR) is 74.8 cm³/mol. The molecule has 0 saturated carbocycles. The first-order chi connectivity index (χ1) is 9.09. The molecule has 98 valence electrons. The summed E-state index contributed by atoms with van der Waals surface area (Å²) in [6.07, 6.45) is 2.84. The van der Waals surface area contributed by atoms with Crippen molar-refractivity contribution in [2.45, 2.75) is 6.92 Å². The van der Waals surface area contributed by atoms with Crippen molar-refractivity contribution in [2.24, 2.45) is 5.10 Å². The summed E-state index contributed by atoms with van der Waals surface area (Å²) in [4.78, 5) is 18.4. The number of nitrogens with one attached hydrogen (secondary N) is 2. The second-order valence-electron chi connectivity index (χ2n) is 3.71. The number of benzene rings is 1. The fourth-order valence-corrected chi connectivity index (χ4v) is 1.93. The minimum absolute atomic E-state index is 0.294. The Morgan fingerprint density at radius 1 is 1.42 bits per heavy atom. The lowest BCUT2D eigenvalue weighted by Crippen LogP contribution is -2.19. The van der Waals surface area contributed by atoms with Gasteiger partial charge in [-0.2, -0.15) is 5.10 Å². The summed E-state index contributed by atoms with van der Waals surface area (Å²) < 4.78 is 0. The average Bonchev–Trinajstić information content (AvgIpc) is 2.79. The first-order valence-corrected chi connectivity index (χ1v) is 6.12. The normalized spacial score (nSPS) is 10.9. The molecule has 0 spiro atoms. The zero-order valence-corrected chi connectivity index (χ0v) is 11.5. The molecule has 0 aliphatic heterocycles. The van der Waals surface area contributed by atoms with E-state index in [9.17, 15) is 4.79 Å². The maximum Gasteiger partial charge on any atom is 0.291 e. The van der Waals surface area contributed by atoms with Crippen LogP contribution in [0.5, 0.6) is 0 Å². The van der Waals surface area contributed by atoms with Gasteiger partial charge >= 0.3 is 0 Å². The quantitative estimate of drug-likeness (QED) is 0.675. The second kappa shape index (κ2) is 5.86. The number of aryl methyl sites for hydroxylation is 1. The van der Waals surface area contributed by atoms with Crippen LogP contribution in [0.2, 0.25) is 10.0 Å². The third-order valence-corrected chi connectivity index (χ3v) is 3.06. The molecule has 1 aromatic heterocycles. The van der Waals surface area contributed by atoms with E-state index in [-0.39, 0.29) is 0 Å². The van der Waals surface area contributed by atoms with E-state index in [2.05, 4.69) is 20.5 Å². The summed E-state index contributed by atoms with van der Waals surface area (Å²) in [5.41, 5.74) is 3.87. The summed E-state index contributed by atoms with van der Waals surface area (Å²) in [7, 11) is 0. The van der Waals surface area contributed by atoms with E-state index < -0.39 is 5.91 Å². The van der Waals surface area contributed by atoms with Crippen molar-refractivity contribution in [3.05, 3.63) is 51.5 Å². The molecular formula is C12H10Cl2N4O. The monoisotopic (exact) mass is 296 g/mol. The molecule has 0 aliphatic carbocycles. The first-order valence-electron chi connectivity index (χ1n) is 5.37. The van der Waals surface area contributed by atoms with Crippen LogP contribution in [0, 0.1) is 6.92 Å². The summed E-state index contributed by atoms with van der Waals surface area (Å²) in [5, 5.41) is 4.73. The third-order valence-electron chi connectivity index (χ3n) is 2.40. The van der Waals surface area contributed by atoms with Gasteiger partial charge in [-0.3, -0.25) is 4.79 Å². The van der Waals surface area contributed by atoms with Gasteiger partial charge in [0.05, 0.1) is 22.6 Å². The van der Waals surface area contributed by atoms with E-state index in [1.54, 1.807) is 25.1 Å². The van der Waals surface area contributed by atoms with E-state index in [1.807, 2.05) is 0 Å². The Kier molecular flexibility index (Phi) is 4.19. The number of halogens is 2. The largest absolute Gasteiger partial charge is 0.348 e. The Bertz CT molecular complexity index is 616. The van der Waals surface area contributed by atoms with Gasteiger partial charge in [0, 0.05) is 11.3 Å².